The SMILES string of the molecule is CC(O)C1CCN(C(=O)Cc2cccc(F)c2F)CC1. The number of halogens is 2. The van der Waals surface area contributed by atoms with E-state index in [0.717, 1.165) is 18.9 Å². The standard InChI is InChI=1S/C15H19F2NO2/c1-10(19)11-5-7-18(8-6-11)14(20)9-12-3-2-4-13(16)15(12)17/h2-4,10-11,19H,5-9H2,1H3. The van der Waals surface area contributed by atoms with Gasteiger partial charge in [-0.25, -0.2) is 8.78 Å². The first-order valence-electron chi connectivity index (χ1n) is 6.87. The number of carbonyl (C=O) groups is 1. The molecule has 1 aromatic carbocycles. The maximum atomic E-state index is 13.5. The van der Waals surface area contributed by atoms with Crippen LogP contribution in [0.25, 0.3) is 0 Å². The number of aliphatic hydroxyl groups excluding tert-OH is 1. The van der Waals surface area contributed by atoms with E-state index in [0.29, 0.717) is 13.1 Å². The Labute approximate surface area is 117 Å². The molecule has 0 bridgehead atoms. The third kappa shape index (κ3) is 3.33. The molecule has 0 radical (unpaired) electrons. The highest BCUT2D eigenvalue weighted by Crippen LogP contribution is 2.21. The number of hydrogen-bond donors (Lipinski definition) is 1. The quantitative estimate of drug-likeness (QED) is 0.923. The molecule has 1 saturated heterocycles. The first-order valence-corrected chi connectivity index (χ1v) is 6.87. The van der Waals surface area contributed by atoms with E-state index in [-0.39, 0.29) is 29.9 Å². The second-order valence-corrected chi connectivity index (χ2v) is 5.35. The molecule has 5 heteroatoms. The van der Waals surface area contributed by atoms with Crippen LogP contribution in [-0.4, -0.2) is 35.1 Å². The molecule has 1 atom stereocenters. The number of nitrogens with zero attached hydrogens (tertiary/aromatic N) is 1. The summed E-state index contributed by atoms with van der Waals surface area (Å²) in [5.74, 6) is -1.86. The second kappa shape index (κ2) is 6.31. The molecule has 0 saturated carbocycles. The minimum atomic E-state index is -0.945. The lowest BCUT2D eigenvalue weighted by molar-refractivity contribution is -0.132. The number of piperidine rings is 1. The molecule has 0 aliphatic carbocycles. The minimum Gasteiger partial charge on any atom is -0.393 e. The molecule has 1 aromatic rings. The molecule has 3 nitrogen and oxygen atoms in total. The maximum absolute atomic E-state index is 13.5. The Bertz CT molecular complexity index is 483. The topological polar surface area (TPSA) is 40.5 Å². The number of hydrogen-bond acceptors (Lipinski definition) is 2. The van der Waals surface area contributed by atoms with Crippen molar-refractivity contribution in [2.45, 2.75) is 32.3 Å². The molecule has 1 fully saturated rings. The van der Waals surface area contributed by atoms with Crippen LogP contribution in [0.3, 0.4) is 0 Å². The Morgan fingerprint density at radius 3 is 2.65 bits per heavy atom. The molecule has 1 amide bonds. The largest absolute Gasteiger partial charge is 0.393 e. The summed E-state index contributed by atoms with van der Waals surface area (Å²) in [5.41, 5.74) is 0.0904. The van der Waals surface area contributed by atoms with Crippen LogP contribution in [-0.2, 0) is 11.2 Å². The van der Waals surface area contributed by atoms with Gasteiger partial charge in [0.05, 0.1) is 12.5 Å². The van der Waals surface area contributed by atoms with Gasteiger partial charge < -0.3 is 10.0 Å². The number of rotatable bonds is 3. The first-order chi connectivity index (χ1) is 9.49. The monoisotopic (exact) mass is 283 g/mol. The summed E-state index contributed by atoms with van der Waals surface area (Å²) >= 11 is 0. The van der Waals surface area contributed by atoms with Crippen molar-refractivity contribution in [3.63, 3.8) is 0 Å². The Balaban J connectivity index is 1.95. The summed E-state index contributed by atoms with van der Waals surface area (Å²) in [6.07, 6.45) is 1.00. The summed E-state index contributed by atoms with van der Waals surface area (Å²) < 4.78 is 26.6. The molecule has 1 aliphatic rings. The van der Waals surface area contributed by atoms with Gasteiger partial charge in [-0.05, 0) is 31.7 Å². The zero-order chi connectivity index (χ0) is 14.7. The minimum absolute atomic E-state index is 0.0904. The van der Waals surface area contributed by atoms with Crippen molar-refractivity contribution in [3.05, 3.63) is 35.4 Å². The van der Waals surface area contributed by atoms with E-state index in [1.165, 1.54) is 12.1 Å². The van der Waals surface area contributed by atoms with Gasteiger partial charge in [-0.1, -0.05) is 12.1 Å². The molecule has 1 unspecified atom stereocenters. The van der Waals surface area contributed by atoms with Crippen LogP contribution in [0.5, 0.6) is 0 Å². The van der Waals surface area contributed by atoms with Crippen molar-refractivity contribution in [1.29, 1.82) is 0 Å². The van der Waals surface area contributed by atoms with Crippen molar-refractivity contribution in [2.24, 2.45) is 5.92 Å². The van der Waals surface area contributed by atoms with E-state index in [1.54, 1.807) is 11.8 Å². The summed E-state index contributed by atoms with van der Waals surface area (Å²) in [4.78, 5) is 13.7. The van der Waals surface area contributed by atoms with E-state index >= 15 is 0 Å². The zero-order valence-electron chi connectivity index (χ0n) is 11.5. The Kier molecular flexibility index (Phi) is 4.70. The predicted octanol–water partition coefficient (Wildman–Crippen LogP) is 2.13. The molecule has 0 aromatic heterocycles. The highest BCUT2D eigenvalue weighted by molar-refractivity contribution is 5.78. The number of amides is 1. The van der Waals surface area contributed by atoms with Crippen LogP contribution < -0.4 is 0 Å². The molecule has 0 spiro atoms. The van der Waals surface area contributed by atoms with Gasteiger partial charge in [-0.2, -0.15) is 0 Å². The summed E-state index contributed by atoms with van der Waals surface area (Å²) in [5, 5.41) is 9.51. The lowest BCUT2D eigenvalue weighted by atomic mass is 9.92. The van der Waals surface area contributed by atoms with Gasteiger partial charge in [0.2, 0.25) is 5.91 Å². The fourth-order valence-electron chi connectivity index (χ4n) is 2.59. The average Bonchev–Trinajstić information content (AvgIpc) is 2.44. The predicted molar refractivity (Wildman–Crippen MR) is 71.0 cm³/mol. The Morgan fingerprint density at radius 1 is 1.40 bits per heavy atom. The van der Waals surface area contributed by atoms with E-state index < -0.39 is 11.6 Å². The van der Waals surface area contributed by atoms with E-state index in [2.05, 4.69) is 0 Å². The maximum Gasteiger partial charge on any atom is 0.227 e. The first kappa shape index (κ1) is 14.9. The van der Waals surface area contributed by atoms with Crippen molar-refractivity contribution >= 4 is 5.91 Å². The third-order valence-electron chi connectivity index (χ3n) is 3.95. The van der Waals surface area contributed by atoms with Gasteiger partial charge in [0, 0.05) is 18.7 Å². The van der Waals surface area contributed by atoms with Crippen molar-refractivity contribution < 1.29 is 18.7 Å². The average molecular weight is 283 g/mol. The van der Waals surface area contributed by atoms with Gasteiger partial charge in [-0.15, -0.1) is 0 Å². The normalized spacial score (nSPS) is 18.1. The lowest BCUT2D eigenvalue weighted by Gasteiger charge is -2.33. The van der Waals surface area contributed by atoms with Gasteiger partial charge in [0.25, 0.3) is 0 Å². The highest BCUT2D eigenvalue weighted by atomic mass is 19.2. The molecule has 110 valence electrons. The molecular weight excluding hydrogens is 264 g/mol. The van der Waals surface area contributed by atoms with Crippen LogP contribution >= 0.6 is 0 Å². The van der Waals surface area contributed by atoms with Crippen molar-refractivity contribution in [3.8, 4) is 0 Å². The lowest BCUT2D eigenvalue weighted by Crippen LogP contribution is -2.41. The fraction of sp³-hybridized carbons (Fsp3) is 0.533. The molecule has 20 heavy (non-hydrogen) atoms. The molecule has 2 rings (SSSR count). The Morgan fingerprint density at radius 2 is 2.05 bits per heavy atom. The van der Waals surface area contributed by atoms with Gasteiger partial charge in [0.15, 0.2) is 11.6 Å². The molecule has 1 heterocycles. The summed E-state index contributed by atoms with van der Waals surface area (Å²) in [6.45, 7) is 2.88. The van der Waals surface area contributed by atoms with E-state index in [1.807, 2.05) is 0 Å². The van der Waals surface area contributed by atoms with Crippen molar-refractivity contribution in [1.82, 2.24) is 4.90 Å². The van der Waals surface area contributed by atoms with Gasteiger partial charge in [0.1, 0.15) is 0 Å². The highest BCUT2D eigenvalue weighted by Gasteiger charge is 2.25. The van der Waals surface area contributed by atoms with Gasteiger partial charge >= 0.3 is 0 Å². The van der Waals surface area contributed by atoms with E-state index in [9.17, 15) is 18.7 Å². The van der Waals surface area contributed by atoms with Crippen LogP contribution in [0.1, 0.15) is 25.3 Å². The number of benzene rings is 1. The number of aliphatic hydroxyl groups is 1. The number of carbonyl (C=O) groups excluding carboxylic acids is 1. The Hall–Kier alpha value is -1.49. The second-order valence-electron chi connectivity index (χ2n) is 5.35. The van der Waals surface area contributed by atoms with Gasteiger partial charge in [-0.3, -0.25) is 4.79 Å². The molecule has 1 aliphatic heterocycles. The summed E-state index contributed by atoms with van der Waals surface area (Å²) in [6, 6.07) is 3.87. The van der Waals surface area contributed by atoms with Crippen LogP contribution in [0.2, 0.25) is 0 Å². The molecular formula is C15H19F2NO2. The van der Waals surface area contributed by atoms with Crippen molar-refractivity contribution in [2.75, 3.05) is 13.1 Å². The summed E-state index contributed by atoms with van der Waals surface area (Å²) in [7, 11) is 0. The van der Waals surface area contributed by atoms with Crippen LogP contribution in [0, 0.1) is 17.6 Å². The third-order valence-corrected chi connectivity index (χ3v) is 3.95. The molecule has 1 N–H and O–H groups in total. The fourth-order valence-corrected chi connectivity index (χ4v) is 2.59. The number of likely N-dealkylation sites (tertiary alicyclic amines) is 1. The zero-order valence-corrected chi connectivity index (χ0v) is 11.5. The smallest absolute Gasteiger partial charge is 0.227 e. The van der Waals surface area contributed by atoms with Crippen LogP contribution in [0.4, 0.5) is 8.78 Å². The van der Waals surface area contributed by atoms with Crippen LogP contribution in [0.15, 0.2) is 18.2 Å². The van der Waals surface area contributed by atoms with E-state index in [4.69, 9.17) is 0 Å².